The van der Waals surface area contributed by atoms with Crippen molar-refractivity contribution in [2.45, 2.75) is 36.5 Å². The first kappa shape index (κ1) is 19.6. The molecule has 0 atom stereocenters. The predicted octanol–water partition coefficient (Wildman–Crippen LogP) is 1.49. The number of aryl methyl sites for hydroxylation is 1. The maximum absolute atomic E-state index is 14.5. The lowest BCUT2D eigenvalue weighted by molar-refractivity contribution is -0.160. The fraction of sp³-hybridized carbons (Fsp3) is 0.692. The lowest BCUT2D eigenvalue weighted by Crippen LogP contribution is -2.49. The predicted molar refractivity (Wildman–Crippen MR) is 76.7 cm³/mol. The smallest absolute Gasteiger partial charge is 0.436 e. The van der Waals surface area contributed by atoms with Crippen molar-refractivity contribution < 1.29 is 35.5 Å². The van der Waals surface area contributed by atoms with Gasteiger partial charge in [0.05, 0.1) is 6.61 Å². The number of carbonyl (C=O) groups excluding carboxylic acids is 1. The van der Waals surface area contributed by atoms with E-state index in [1.165, 1.54) is 6.92 Å². The summed E-state index contributed by atoms with van der Waals surface area (Å²) >= 11 is 0. The molecule has 7 nitrogen and oxygen atoms in total. The van der Waals surface area contributed by atoms with E-state index < -0.39 is 64.4 Å². The van der Waals surface area contributed by atoms with Gasteiger partial charge in [-0.1, -0.05) is 0 Å². The number of carbonyl (C=O) groups is 1. The number of alkyl halides is 4. The Labute approximate surface area is 141 Å². The van der Waals surface area contributed by atoms with Gasteiger partial charge in [0.2, 0.25) is 15.7 Å². The Balaban J connectivity index is 2.25. The lowest BCUT2D eigenvalue weighted by atomic mass is 9.95. The van der Waals surface area contributed by atoms with Gasteiger partial charge in [0.15, 0.2) is 5.69 Å². The quantitative estimate of drug-likeness (QED) is 0.578. The fourth-order valence-corrected chi connectivity index (χ4v) is 4.16. The van der Waals surface area contributed by atoms with Crippen LogP contribution in [0.5, 0.6) is 0 Å². The normalized spacial score (nSPS) is 19.0. The average molecular weight is 387 g/mol. The van der Waals surface area contributed by atoms with E-state index in [1.54, 1.807) is 0 Å². The molecule has 1 saturated heterocycles. The van der Waals surface area contributed by atoms with Crippen LogP contribution >= 0.6 is 0 Å². The van der Waals surface area contributed by atoms with Crippen LogP contribution in [0.25, 0.3) is 0 Å². The second-order valence-electron chi connectivity index (χ2n) is 5.60. The molecule has 1 aliphatic rings. The molecular weight excluding hydrogens is 370 g/mol. The van der Waals surface area contributed by atoms with Crippen LogP contribution in [0.4, 0.5) is 17.6 Å². The molecule has 0 aliphatic carbocycles. The van der Waals surface area contributed by atoms with Gasteiger partial charge in [-0.25, -0.2) is 17.6 Å². The van der Waals surface area contributed by atoms with Crippen LogP contribution in [0.3, 0.4) is 0 Å². The highest BCUT2D eigenvalue weighted by atomic mass is 32.2. The number of aromatic nitrogens is 2. The van der Waals surface area contributed by atoms with Crippen molar-refractivity contribution in [3.63, 3.8) is 0 Å². The number of esters is 1. The first-order chi connectivity index (χ1) is 11.4. The zero-order valence-corrected chi connectivity index (χ0v) is 14.3. The van der Waals surface area contributed by atoms with Crippen molar-refractivity contribution in [1.29, 1.82) is 0 Å². The molecule has 1 aliphatic heterocycles. The van der Waals surface area contributed by atoms with E-state index in [2.05, 4.69) is 9.84 Å². The Morgan fingerprint density at radius 2 is 1.92 bits per heavy atom. The van der Waals surface area contributed by atoms with Crippen LogP contribution in [-0.2, 0) is 32.8 Å². The SMILES string of the molecule is CCOC(=O)C1(F)CCN(S(=O)(=O)c2cn(C)nc2C(F)(F)F)CC1. The zero-order chi connectivity index (χ0) is 19.0. The summed E-state index contributed by atoms with van der Waals surface area (Å²) in [5.74, 6) is -1.09. The second kappa shape index (κ2) is 6.56. The Morgan fingerprint density at radius 3 is 2.40 bits per heavy atom. The number of hydrogen-bond donors (Lipinski definition) is 0. The molecule has 12 heteroatoms. The highest BCUT2D eigenvalue weighted by Gasteiger charge is 2.48. The molecule has 142 valence electrons. The van der Waals surface area contributed by atoms with E-state index in [4.69, 9.17) is 0 Å². The Morgan fingerprint density at radius 1 is 1.36 bits per heavy atom. The van der Waals surface area contributed by atoms with Crippen LogP contribution in [0.1, 0.15) is 25.5 Å². The molecule has 2 heterocycles. The van der Waals surface area contributed by atoms with E-state index in [0.717, 1.165) is 22.2 Å². The number of hydrogen-bond acceptors (Lipinski definition) is 5. The Hall–Kier alpha value is -1.69. The van der Waals surface area contributed by atoms with Gasteiger partial charge in [0.1, 0.15) is 4.90 Å². The molecule has 0 aromatic carbocycles. The summed E-state index contributed by atoms with van der Waals surface area (Å²) in [6.45, 7) is 0.590. The minimum atomic E-state index is -4.95. The second-order valence-corrected chi connectivity index (χ2v) is 7.51. The molecule has 0 saturated carbocycles. The third kappa shape index (κ3) is 3.78. The van der Waals surface area contributed by atoms with Gasteiger partial charge >= 0.3 is 12.1 Å². The van der Waals surface area contributed by atoms with Crippen LogP contribution in [0.15, 0.2) is 11.1 Å². The molecule has 0 amide bonds. The summed E-state index contributed by atoms with van der Waals surface area (Å²) in [7, 11) is -3.37. The molecule has 0 radical (unpaired) electrons. The molecule has 25 heavy (non-hydrogen) atoms. The number of halogens is 4. The highest BCUT2D eigenvalue weighted by Crippen LogP contribution is 2.36. The first-order valence-corrected chi connectivity index (χ1v) is 8.83. The van der Waals surface area contributed by atoms with E-state index in [-0.39, 0.29) is 6.61 Å². The minimum Gasteiger partial charge on any atom is -0.464 e. The summed E-state index contributed by atoms with van der Waals surface area (Å²) in [6, 6.07) is 0. The van der Waals surface area contributed by atoms with Gasteiger partial charge in [-0.05, 0) is 6.92 Å². The van der Waals surface area contributed by atoms with Gasteiger partial charge in [-0.3, -0.25) is 4.68 Å². The van der Waals surface area contributed by atoms with Gasteiger partial charge in [0.25, 0.3) is 0 Å². The van der Waals surface area contributed by atoms with Gasteiger partial charge < -0.3 is 4.74 Å². The van der Waals surface area contributed by atoms with Crippen LogP contribution in [-0.4, -0.2) is 53.8 Å². The molecule has 1 aromatic heterocycles. The number of ether oxygens (including phenoxy) is 1. The molecule has 0 bridgehead atoms. The van der Waals surface area contributed by atoms with E-state index in [1.807, 2.05) is 0 Å². The lowest BCUT2D eigenvalue weighted by Gasteiger charge is -2.33. The van der Waals surface area contributed by atoms with Crippen molar-refractivity contribution in [3.05, 3.63) is 11.9 Å². The molecule has 0 spiro atoms. The number of sulfonamides is 1. The van der Waals surface area contributed by atoms with Crippen LogP contribution in [0.2, 0.25) is 0 Å². The topological polar surface area (TPSA) is 81.5 Å². The molecule has 0 N–H and O–H groups in total. The average Bonchev–Trinajstić information content (AvgIpc) is 2.91. The summed E-state index contributed by atoms with van der Waals surface area (Å²) in [5.41, 5.74) is -3.87. The van der Waals surface area contributed by atoms with Crippen molar-refractivity contribution in [1.82, 2.24) is 14.1 Å². The third-order valence-corrected chi connectivity index (χ3v) is 5.74. The van der Waals surface area contributed by atoms with Crippen molar-refractivity contribution in [3.8, 4) is 0 Å². The molecular formula is C13H17F4N3O4S. The third-order valence-electron chi connectivity index (χ3n) is 3.84. The summed E-state index contributed by atoms with van der Waals surface area (Å²) in [5, 5.41) is 3.16. The minimum absolute atomic E-state index is 0.0306. The van der Waals surface area contributed by atoms with Crippen LogP contribution in [0, 0.1) is 0 Å². The summed E-state index contributed by atoms with van der Waals surface area (Å²) in [6.07, 6.45) is -5.19. The molecule has 1 fully saturated rings. The first-order valence-electron chi connectivity index (χ1n) is 7.39. The summed E-state index contributed by atoms with van der Waals surface area (Å²) < 4.78 is 84.6. The molecule has 1 aromatic rings. The van der Waals surface area contributed by atoms with Crippen molar-refractivity contribution >= 4 is 16.0 Å². The van der Waals surface area contributed by atoms with E-state index in [0.29, 0.717) is 0 Å². The monoisotopic (exact) mass is 387 g/mol. The molecule has 2 rings (SSSR count). The Bertz CT molecular complexity index is 752. The van der Waals surface area contributed by atoms with Gasteiger partial charge in [-0.2, -0.15) is 22.6 Å². The van der Waals surface area contributed by atoms with E-state index in [9.17, 15) is 30.8 Å². The van der Waals surface area contributed by atoms with E-state index >= 15 is 0 Å². The van der Waals surface area contributed by atoms with Crippen LogP contribution < -0.4 is 0 Å². The molecule has 0 unspecified atom stereocenters. The van der Waals surface area contributed by atoms with Crippen molar-refractivity contribution in [2.75, 3.05) is 19.7 Å². The Kier molecular flexibility index (Phi) is 5.15. The number of nitrogens with zero attached hydrogens (tertiary/aromatic N) is 3. The number of rotatable bonds is 4. The largest absolute Gasteiger partial charge is 0.464 e. The number of piperidine rings is 1. The standard InChI is InChI=1S/C13H17F4N3O4S/c1-3-24-11(21)12(14)4-6-20(7-5-12)25(22,23)9-8-19(2)18-10(9)13(15,16)17/h8H,3-7H2,1-2H3. The maximum atomic E-state index is 14.5. The summed E-state index contributed by atoms with van der Waals surface area (Å²) in [4.78, 5) is 10.6. The fourth-order valence-electron chi connectivity index (χ4n) is 2.54. The van der Waals surface area contributed by atoms with Gasteiger partial charge in [0, 0.05) is 39.2 Å². The van der Waals surface area contributed by atoms with Crippen molar-refractivity contribution in [2.24, 2.45) is 7.05 Å². The zero-order valence-electron chi connectivity index (χ0n) is 13.5. The highest BCUT2D eigenvalue weighted by molar-refractivity contribution is 7.89. The maximum Gasteiger partial charge on any atom is 0.436 e. The van der Waals surface area contributed by atoms with Gasteiger partial charge in [-0.15, -0.1) is 0 Å².